The van der Waals surface area contributed by atoms with Crippen molar-refractivity contribution in [3.8, 4) is 5.75 Å². The van der Waals surface area contributed by atoms with Crippen LogP contribution in [0.3, 0.4) is 0 Å². The SMILES string of the molecule is CCNC(=O)NCCCOc1cccc(C[NH+]2CCCCC2)c1. The molecule has 0 unspecified atom stereocenters. The number of hydrogen-bond donors (Lipinski definition) is 3. The summed E-state index contributed by atoms with van der Waals surface area (Å²) in [6.07, 6.45) is 4.89. The van der Waals surface area contributed by atoms with Crippen LogP contribution in [-0.2, 0) is 6.54 Å². The molecule has 5 heteroatoms. The molecule has 0 saturated carbocycles. The summed E-state index contributed by atoms with van der Waals surface area (Å²) < 4.78 is 5.80. The number of piperidine rings is 1. The molecule has 3 N–H and O–H groups in total. The second-order valence-corrected chi connectivity index (χ2v) is 6.12. The Bertz CT molecular complexity index is 473. The average Bonchev–Trinajstić information content (AvgIpc) is 2.56. The van der Waals surface area contributed by atoms with Crippen LogP contribution >= 0.6 is 0 Å². The molecular weight excluding hydrogens is 290 g/mol. The fraction of sp³-hybridized carbons (Fsp3) is 0.611. The lowest BCUT2D eigenvalue weighted by Gasteiger charge is -2.23. The molecule has 1 aliphatic heterocycles. The van der Waals surface area contributed by atoms with Gasteiger partial charge in [0.05, 0.1) is 19.7 Å². The Morgan fingerprint density at radius 1 is 1.22 bits per heavy atom. The minimum Gasteiger partial charge on any atom is -0.494 e. The largest absolute Gasteiger partial charge is 0.494 e. The van der Waals surface area contributed by atoms with E-state index in [1.807, 2.05) is 13.0 Å². The van der Waals surface area contributed by atoms with Gasteiger partial charge < -0.3 is 20.3 Å². The third-order valence-corrected chi connectivity index (χ3v) is 4.13. The van der Waals surface area contributed by atoms with Crippen LogP contribution in [0.15, 0.2) is 24.3 Å². The maximum Gasteiger partial charge on any atom is 0.314 e. The van der Waals surface area contributed by atoms with Gasteiger partial charge in [0.25, 0.3) is 0 Å². The highest BCUT2D eigenvalue weighted by atomic mass is 16.5. The highest BCUT2D eigenvalue weighted by molar-refractivity contribution is 5.73. The van der Waals surface area contributed by atoms with E-state index < -0.39 is 0 Å². The van der Waals surface area contributed by atoms with Crippen molar-refractivity contribution < 1.29 is 14.4 Å². The molecule has 2 rings (SSSR count). The van der Waals surface area contributed by atoms with Crippen LogP contribution in [0.25, 0.3) is 0 Å². The number of hydrogen-bond acceptors (Lipinski definition) is 2. The summed E-state index contributed by atoms with van der Waals surface area (Å²) in [6.45, 7) is 7.47. The summed E-state index contributed by atoms with van der Waals surface area (Å²) in [5.74, 6) is 0.928. The maximum absolute atomic E-state index is 11.2. The Morgan fingerprint density at radius 2 is 2.04 bits per heavy atom. The van der Waals surface area contributed by atoms with Crippen molar-refractivity contribution in [3.05, 3.63) is 29.8 Å². The van der Waals surface area contributed by atoms with Gasteiger partial charge in [-0.1, -0.05) is 12.1 Å². The molecule has 1 aromatic carbocycles. The van der Waals surface area contributed by atoms with E-state index in [4.69, 9.17) is 4.74 Å². The van der Waals surface area contributed by atoms with Gasteiger partial charge in [-0.3, -0.25) is 0 Å². The van der Waals surface area contributed by atoms with E-state index in [0.717, 1.165) is 18.7 Å². The summed E-state index contributed by atoms with van der Waals surface area (Å²) in [4.78, 5) is 12.9. The molecule has 23 heavy (non-hydrogen) atoms. The summed E-state index contributed by atoms with van der Waals surface area (Å²) in [5, 5.41) is 5.51. The molecular formula is C18H30N3O2+. The summed E-state index contributed by atoms with van der Waals surface area (Å²) in [5.41, 5.74) is 1.35. The lowest BCUT2D eigenvalue weighted by molar-refractivity contribution is -0.918. The molecule has 1 fully saturated rings. The number of nitrogens with one attached hydrogen (secondary N) is 3. The number of amides is 2. The predicted molar refractivity (Wildman–Crippen MR) is 91.9 cm³/mol. The second-order valence-electron chi connectivity index (χ2n) is 6.12. The lowest BCUT2D eigenvalue weighted by Crippen LogP contribution is -3.11. The summed E-state index contributed by atoms with van der Waals surface area (Å²) in [6, 6.07) is 8.30. The third-order valence-electron chi connectivity index (χ3n) is 4.13. The van der Waals surface area contributed by atoms with Crippen molar-refractivity contribution >= 4 is 6.03 Å². The Morgan fingerprint density at radius 3 is 2.83 bits per heavy atom. The van der Waals surface area contributed by atoms with Crippen molar-refractivity contribution in [2.24, 2.45) is 0 Å². The van der Waals surface area contributed by atoms with Gasteiger partial charge in [0.2, 0.25) is 0 Å². The average molecular weight is 320 g/mol. The number of carbonyl (C=O) groups is 1. The molecule has 0 bridgehead atoms. The fourth-order valence-electron chi connectivity index (χ4n) is 2.95. The molecule has 1 saturated heterocycles. The van der Waals surface area contributed by atoms with Gasteiger partial charge >= 0.3 is 6.03 Å². The number of quaternary nitrogens is 1. The molecule has 0 aromatic heterocycles. The van der Waals surface area contributed by atoms with E-state index in [1.54, 1.807) is 4.90 Å². The van der Waals surface area contributed by atoms with E-state index in [1.165, 1.54) is 37.9 Å². The number of benzene rings is 1. The van der Waals surface area contributed by atoms with Gasteiger partial charge in [-0.2, -0.15) is 0 Å². The third kappa shape index (κ3) is 6.91. The summed E-state index contributed by atoms with van der Waals surface area (Å²) in [7, 11) is 0. The quantitative estimate of drug-likeness (QED) is 0.633. The first kappa shape index (κ1) is 17.6. The number of likely N-dealkylation sites (tertiary alicyclic amines) is 1. The number of carbonyl (C=O) groups excluding carboxylic acids is 1. The van der Waals surface area contributed by atoms with Crippen LogP contribution in [0.1, 0.15) is 38.2 Å². The summed E-state index contributed by atoms with van der Waals surface area (Å²) >= 11 is 0. The zero-order valence-corrected chi connectivity index (χ0v) is 14.2. The molecule has 0 atom stereocenters. The first-order chi connectivity index (χ1) is 11.3. The van der Waals surface area contributed by atoms with Gasteiger partial charge in [-0.05, 0) is 44.7 Å². The van der Waals surface area contributed by atoms with Crippen molar-refractivity contribution in [2.75, 3.05) is 32.8 Å². The van der Waals surface area contributed by atoms with Crippen molar-refractivity contribution in [1.29, 1.82) is 0 Å². The number of rotatable bonds is 8. The molecule has 1 aromatic rings. The zero-order valence-electron chi connectivity index (χ0n) is 14.2. The minimum atomic E-state index is -0.112. The van der Waals surface area contributed by atoms with E-state index in [0.29, 0.717) is 19.7 Å². The Kier molecular flexibility index (Phi) is 7.73. The zero-order chi connectivity index (χ0) is 16.3. The highest BCUT2D eigenvalue weighted by Gasteiger charge is 2.13. The molecule has 0 radical (unpaired) electrons. The van der Waals surface area contributed by atoms with Crippen LogP contribution in [0.2, 0.25) is 0 Å². The molecule has 0 aliphatic carbocycles. The number of ether oxygens (including phenoxy) is 1. The van der Waals surface area contributed by atoms with Crippen molar-refractivity contribution in [3.63, 3.8) is 0 Å². The molecule has 0 spiro atoms. The van der Waals surface area contributed by atoms with E-state index >= 15 is 0 Å². The van der Waals surface area contributed by atoms with Crippen LogP contribution < -0.4 is 20.3 Å². The Hall–Kier alpha value is -1.75. The Labute approximate surface area is 139 Å². The maximum atomic E-state index is 11.2. The number of urea groups is 1. The smallest absolute Gasteiger partial charge is 0.314 e. The van der Waals surface area contributed by atoms with Crippen molar-refractivity contribution in [1.82, 2.24) is 10.6 Å². The van der Waals surface area contributed by atoms with Gasteiger partial charge in [0, 0.05) is 18.7 Å². The van der Waals surface area contributed by atoms with Crippen LogP contribution in [0.5, 0.6) is 5.75 Å². The van der Waals surface area contributed by atoms with E-state index in [9.17, 15) is 4.79 Å². The minimum absolute atomic E-state index is 0.112. The monoisotopic (exact) mass is 320 g/mol. The van der Waals surface area contributed by atoms with Crippen molar-refractivity contribution in [2.45, 2.75) is 39.2 Å². The van der Waals surface area contributed by atoms with E-state index in [2.05, 4.69) is 28.8 Å². The van der Waals surface area contributed by atoms with Crippen LogP contribution in [0.4, 0.5) is 4.79 Å². The molecule has 1 heterocycles. The van der Waals surface area contributed by atoms with E-state index in [-0.39, 0.29) is 6.03 Å². The standard InChI is InChI=1S/C18H29N3O2/c1-2-19-18(22)20-10-7-13-23-17-9-6-8-16(14-17)15-21-11-4-3-5-12-21/h6,8-9,14H,2-5,7,10-13,15H2,1H3,(H2,19,20,22)/p+1. The van der Waals surface area contributed by atoms with Crippen LogP contribution in [0, 0.1) is 0 Å². The highest BCUT2D eigenvalue weighted by Crippen LogP contribution is 2.13. The first-order valence-corrected chi connectivity index (χ1v) is 8.85. The fourth-order valence-corrected chi connectivity index (χ4v) is 2.95. The predicted octanol–water partition coefficient (Wildman–Crippen LogP) is 1.34. The molecule has 2 amide bonds. The van der Waals surface area contributed by atoms with Crippen LogP contribution in [-0.4, -0.2) is 38.8 Å². The normalized spacial score (nSPS) is 15.2. The topological polar surface area (TPSA) is 54.8 Å². The van der Waals surface area contributed by atoms with Gasteiger partial charge in [0.15, 0.2) is 0 Å². The molecule has 128 valence electrons. The second kappa shape index (κ2) is 10.1. The Balaban J connectivity index is 1.67. The first-order valence-electron chi connectivity index (χ1n) is 8.85. The molecule has 5 nitrogen and oxygen atoms in total. The van der Waals surface area contributed by atoms with Gasteiger partial charge in [-0.25, -0.2) is 4.79 Å². The molecule has 1 aliphatic rings. The van der Waals surface area contributed by atoms with Gasteiger partial charge in [0.1, 0.15) is 12.3 Å². The van der Waals surface area contributed by atoms with Gasteiger partial charge in [-0.15, -0.1) is 0 Å². The lowest BCUT2D eigenvalue weighted by atomic mass is 10.1.